The van der Waals surface area contributed by atoms with Crippen LogP contribution in [0.1, 0.15) is 59.7 Å². The lowest BCUT2D eigenvalue weighted by atomic mass is 9.73. The van der Waals surface area contributed by atoms with Crippen molar-refractivity contribution in [2.75, 3.05) is 10.2 Å². The van der Waals surface area contributed by atoms with Gasteiger partial charge >= 0.3 is 0 Å². The highest BCUT2D eigenvalue weighted by molar-refractivity contribution is 6.22. The lowest BCUT2D eigenvalue weighted by molar-refractivity contribution is -0.123. The number of hydrogen-bond acceptors (Lipinski definition) is 3. The summed E-state index contributed by atoms with van der Waals surface area (Å²) in [5.74, 6) is 0.0285. The lowest BCUT2D eigenvalue weighted by Crippen LogP contribution is -2.33. The molecule has 3 fully saturated rings. The van der Waals surface area contributed by atoms with Crippen LogP contribution in [0.2, 0.25) is 0 Å². The second-order valence-electron chi connectivity index (χ2n) is 10.6. The van der Waals surface area contributed by atoms with Gasteiger partial charge in [-0.1, -0.05) is 62.4 Å². The Bertz CT molecular complexity index is 1340. The summed E-state index contributed by atoms with van der Waals surface area (Å²) in [6.45, 7) is 4.15. The molecule has 188 valence electrons. The maximum Gasteiger partial charge on any atom is 0.255 e. The molecule has 0 unspecified atom stereocenters. The Labute approximate surface area is 217 Å². The van der Waals surface area contributed by atoms with E-state index in [0.717, 1.165) is 42.5 Å². The molecule has 3 amide bonds. The van der Waals surface area contributed by atoms with E-state index in [1.165, 1.54) is 10.5 Å². The topological polar surface area (TPSA) is 66.5 Å². The molecule has 1 aliphatic heterocycles. The van der Waals surface area contributed by atoms with Gasteiger partial charge in [0.2, 0.25) is 11.8 Å². The van der Waals surface area contributed by atoms with E-state index in [9.17, 15) is 14.4 Å². The van der Waals surface area contributed by atoms with Crippen LogP contribution in [0.15, 0.2) is 72.8 Å². The molecule has 1 heterocycles. The zero-order valence-electron chi connectivity index (χ0n) is 21.3. The third-order valence-electron chi connectivity index (χ3n) is 8.87. The van der Waals surface area contributed by atoms with E-state index in [0.29, 0.717) is 17.2 Å². The molecule has 3 aromatic carbocycles. The van der Waals surface area contributed by atoms with E-state index in [1.807, 2.05) is 36.4 Å². The minimum Gasteiger partial charge on any atom is -0.321 e. The Morgan fingerprint density at radius 3 is 2.11 bits per heavy atom. The van der Waals surface area contributed by atoms with E-state index in [4.69, 9.17) is 0 Å². The fourth-order valence-electron chi connectivity index (χ4n) is 7.15. The number of aryl methyl sites for hydroxylation is 2. The Morgan fingerprint density at radius 2 is 1.46 bits per heavy atom. The fraction of sp³-hybridized carbons (Fsp3) is 0.344. The number of rotatable bonds is 6. The molecule has 37 heavy (non-hydrogen) atoms. The molecule has 3 aromatic rings. The predicted octanol–water partition coefficient (Wildman–Crippen LogP) is 5.99. The number of anilines is 2. The highest BCUT2D eigenvalue weighted by Crippen LogP contribution is 2.61. The molecule has 0 aromatic heterocycles. The molecule has 0 radical (unpaired) electrons. The molecule has 5 nitrogen and oxygen atoms in total. The van der Waals surface area contributed by atoms with Gasteiger partial charge in [-0.25, -0.2) is 0 Å². The molecule has 1 saturated heterocycles. The number of nitrogens with one attached hydrogen (secondary N) is 1. The molecule has 5 heteroatoms. The number of fused-ring (bicyclic) bond motifs is 5. The Morgan fingerprint density at radius 1 is 0.811 bits per heavy atom. The smallest absolute Gasteiger partial charge is 0.255 e. The second-order valence-corrected chi connectivity index (χ2v) is 10.6. The van der Waals surface area contributed by atoms with Crippen LogP contribution >= 0.6 is 0 Å². The first-order chi connectivity index (χ1) is 18.0. The highest BCUT2D eigenvalue weighted by atomic mass is 16.2. The largest absolute Gasteiger partial charge is 0.321 e. The first-order valence-corrected chi connectivity index (χ1v) is 13.5. The van der Waals surface area contributed by atoms with E-state index in [-0.39, 0.29) is 41.4 Å². The van der Waals surface area contributed by atoms with Crippen molar-refractivity contribution in [3.63, 3.8) is 0 Å². The number of amides is 3. The van der Waals surface area contributed by atoms with Gasteiger partial charge in [0.05, 0.1) is 17.5 Å². The normalized spacial score (nSPS) is 26.0. The third kappa shape index (κ3) is 3.79. The SMILES string of the molecule is CCc1cccc(CC)c1NC(=O)c1ccc(N2C(=O)[C@@H]3[C@@H]4C[C@@H]([C@H]3C2=O)[C@@H](c2ccccc2)C4)cc1. The zero-order valence-corrected chi connectivity index (χ0v) is 21.3. The maximum atomic E-state index is 13.6. The molecule has 2 aliphatic carbocycles. The summed E-state index contributed by atoms with van der Waals surface area (Å²) >= 11 is 0. The van der Waals surface area contributed by atoms with Crippen LogP contribution in [-0.4, -0.2) is 17.7 Å². The minimum absolute atomic E-state index is 0.0735. The summed E-state index contributed by atoms with van der Waals surface area (Å²) in [6.07, 6.45) is 3.59. The molecular weight excluding hydrogens is 460 g/mol. The van der Waals surface area contributed by atoms with Gasteiger partial charge in [-0.15, -0.1) is 0 Å². The number of carbonyl (C=O) groups is 3. The van der Waals surface area contributed by atoms with Gasteiger partial charge < -0.3 is 5.32 Å². The number of para-hydroxylation sites is 1. The fourth-order valence-corrected chi connectivity index (χ4v) is 7.15. The number of benzene rings is 3. The molecule has 6 rings (SSSR count). The van der Waals surface area contributed by atoms with Gasteiger partial charge in [-0.2, -0.15) is 0 Å². The van der Waals surface area contributed by atoms with Crippen molar-refractivity contribution < 1.29 is 14.4 Å². The summed E-state index contributed by atoms with van der Waals surface area (Å²) in [5.41, 5.74) is 5.42. The number of imide groups is 1. The van der Waals surface area contributed by atoms with Crippen molar-refractivity contribution in [3.05, 3.63) is 95.1 Å². The van der Waals surface area contributed by atoms with Gasteiger partial charge in [0.1, 0.15) is 0 Å². The Balaban J connectivity index is 1.21. The number of carbonyl (C=O) groups excluding carboxylic acids is 3. The molecule has 1 N–H and O–H groups in total. The van der Waals surface area contributed by atoms with Gasteiger partial charge in [0, 0.05) is 11.3 Å². The average molecular weight is 493 g/mol. The Kier molecular flexibility index (Phi) is 5.94. The summed E-state index contributed by atoms with van der Waals surface area (Å²) in [4.78, 5) is 41.5. The van der Waals surface area contributed by atoms with Gasteiger partial charge in [0.15, 0.2) is 0 Å². The van der Waals surface area contributed by atoms with Crippen LogP contribution in [0.5, 0.6) is 0 Å². The van der Waals surface area contributed by atoms with Crippen LogP contribution in [0, 0.1) is 23.7 Å². The molecule has 2 saturated carbocycles. The van der Waals surface area contributed by atoms with Gasteiger partial charge in [-0.3, -0.25) is 19.3 Å². The van der Waals surface area contributed by atoms with Crippen molar-refractivity contribution in [1.82, 2.24) is 0 Å². The van der Waals surface area contributed by atoms with Crippen molar-refractivity contribution >= 4 is 29.1 Å². The van der Waals surface area contributed by atoms with Crippen molar-refractivity contribution in [3.8, 4) is 0 Å². The first-order valence-electron chi connectivity index (χ1n) is 13.5. The summed E-state index contributed by atoms with van der Waals surface area (Å²) in [5, 5.41) is 3.09. The van der Waals surface area contributed by atoms with Crippen LogP contribution in [-0.2, 0) is 22.4 Å². The van der Waals surface area contributed by atoms with Crippen molar-refractivity contribution in [2.45, 2.75) is 45.4 Å². The zero-order chi connectivity index (χ0) is 25.7. The van der Waals surface area contributed by atoms with Gasteiger partial charge in [0.25, 0.3) is 5.91 Å². The van der Waals surface area contributed by atoms with Crippen molar-refractivity contribution in [2.24, 2.45) is 23.7 Å². The highest BCUT2D eigenvalue weighted by Gasteiger charge is 2.64. The monoisotopic (exact) mass is 492 g/mol. The second kappa shape index (κ2) is 9.29. The van der Waals surface area contributed by atoms with Gasteiger partial charge in [-0.05, 0) is 84.4 Å². The van der Waals surface area contributed by atoms with Crippen LogP contribution in [0.3, 0.4) is 0 Å². The molecule has 3 aliphatic rings. The summed E-state index contributed by atoms with van der Waals surface area (Å²) in [6, 6.07) is 23.4. The van der Waals surface area contributed by atoms with Crippen molar-refractivity contribution in [1.29, 1.82) is 0 Å². The number of hydrogen-bond donors (Lipinski definition) is 1. The quantitative estimate of drug-likeness (QED) is 0.430. The van der Waals surface area contributed by atoms with E-state index in [1.54, 1.807) is 24.3 Å². The van der Waals surface area contributed by atoms with Crippen LogP contribution in [0.4, 0.5) is 11.4 Å². The summed E-state index contributed by atoms with van der Waals surface area (Å²) < 4.78 is 0. The van der Waals surface area contributed by atoms with Crippen LogP contribution < -0.4 is 10.2 Å². The standard InChI is InChI=1S/C32H32N2O3/c1-3-19-11-8-12-20(4-2)29(19)33-30(35)22-13-15-24(16-14-22)34-31(36)27-23-17-25(21-9-6-5-7-10-21)26(18-23)28(27)32(34)37/h5-16,23,25-28H,3-4,17-18H2,1-2H3,(H,33,35)/t23-,25+,26+,27+,28+/m0/s1. The van der Waals surface area contributed by atoms with E-state index >= 15 is 0 Å². The summed E-state index contributed by atoms with van der Waals surface area (Å²) in [7, 11) is 0. The van der Waals surface area contributed by atoms with E-state index < -0.39 is 0 Å². The third-order valence-corrected chi connectivity index (χ3v) is 8.87. The molecule has 5 atom stereocenters. The lowest BCUT2D eigenvalue weighted by Gasteiger charge is -2.28. The predicted molar refractivity (Wildman–Crippen MR) is 144 cm³/mol. The molecule has 0 spiro atoms. The number of nitrogens with zero attached hydrogens (tertiary/aromatic N) is 1. The molecular formula is C32H32N2O3. The van der Waals surface area contributed by atoms with Crippen LogP contribution in [0.25, 0.3) is 0 Å². The Hall–Kier alpha value is -3.73. The average Bonchev–Trinajstić information content (AvgIpc) is 3.60. The minimum atomic E-state index is -0.238. The van der Waals surface area contributed by atoms with E-state index in [2.05, 4.69) is 31.3 Å². The first kappa shape index (κ1) is 23.7. The maximum absolute atomic E-state index is 13.6. The molecule has 2 bridgehead atoms.